The third kappa shape index (κ3) is 8.00. The largest absolute Gasteiger partial charge is 0.459 e. The number of allylic oxidation sites excluding steroid dienone is 3. The van der Waals surface area contributed by atoms with Crippen LogP contribution in [0, 0.1) is 17.8 Å². The summed E-state index contributed by atoms with van der Waals surface area (Å²) in [6, 6.07) is 0. The third-order valence-electron chi connectivity index (χ3n) is 15.9. The second-order valence-electron chi connectivity index (χ2n) is 21.0. The highest BCUT2D eigenvalue weighted by Crippen LogP contribution is 2.55. The minimum Gasteiger partial charge on any atom is -0.459 e. The minimum atomic E-state index is -1.97. The van der Waals surface area contributed by atoms with Crippen molar-refractivity contribution < 1.29 is 72.3 Å². The highest BCUT2D eigenvalue weighted by molar-refractivity contribution is 5.87. The molecule has 9 aliphatic heterocycles. The quantitative estimate of drug-likeness (QED) is 0.260. The van der Waals surface area contributed by atoms with E-state index in [1.807, 2.05) is 26.0 Å². The van der Waals surface area contributed by atoms with Gasteiger partial charge in [0.1, 0.15) is 53.9 Å². The van der Waals surface area contributed by atoms with E-state index in [1.54, 1.807) is 13.8 Å². The summed E-state index contributed by atoms with van der Waals surface area (Å²) in [6.45, 7) is 11.8. The lowest BCUT2D eigenvalue weighted by Crippen LogP contribution is -2.59. The summed E-state index contributed by atoms with van der Waals surface area (Å²) in [5, 5.41) is 34.8. The molecule has 0 unspecified atom stereocenters. The summed E-state index contributed by atoms with van der Waals surface area (Å²) in [5.74, 6) is -5.79. The number of ether oxygens (including phenoxy) is 9. The molecule has 8 saturated heterocycles. The molecule has 8 fully saturated rings. The van der Waals surface area contributed by atoms with E-state index in [1.165, 1.54) is 0 Å². The lowest BCUT2D eigenvalue weighted by Gasteiger charge is -2.46. The molecule has 0 radical (unpaired) electrons. The Hall–Kier alpha value is -2.15. The maximum Gasteiger partial charge on any atom is 0.311 e. The molecule has 0 aliphatic carbocycles. The van der Waals surface area contributed by atoms with E-state index in [-0.39, 0.29) is 43.5 Å². The maximum absolute atomic E-state index is 14.1. The number of carbonyl (C=O) groups excluding carboxylic acids is 3. The van der Waals surface area contributed by atoms with Crippen LogP contribution in [0.1, 0.15) is 131 Å². The van der Waals surface area contributed by atoms with Gasteiger partial charge in [-0.05, 0) is 90.9 Å². The second-order valence-corrected chi connectivity index (χ2v) is 21.0. The van der Waals surface area contributed by atoms with Crippen molar-refractivity contribution in [2.45, 2.75) is 227 Å². The molecule has 9 heterocycles. The van der Waals surface area contributed by atoms with Crippen molar-refractivity contribution in [1.29, 1.82) is 0 Å². The van der Waals surface area contributed by atoms with Crippen LogP contribution in [0.4, 0.5) is 0 Å². The summed E-state index contributed by atoms with van der Waals surface area (Å²) in [6.07, 6.45) is 4.86. The van der Waals surface area contributed by atoms with Gasteiger partial charge in [0, 0.05) is 38.5 Å². The SMILES string of the molecule is CC1=C/[C@@H](C)C[C@]2(C)CC[C@H](O2)[C@]23CC[C@](C=O)(C[C@H](O2)[C@@H]2O[C@@](C)(CC2=O)[C@H](O)[C@H]2CC[C@]4(CCC[C@@H](O4)[C@H](C)C(=O)O[C@H]4C[C@H]([C@]5(O)OCC[C@H](C)[C@@H]5O)O[C@H]4\C=C\1)O2)O3. The van der Waals surface area contributed by atoms with E-state index in [4.69, 9.17) is 42.6 Å². The van der Waals surface area contributed by atoms with Gasteiger partial charge in [-0.15, -0.1) is 0 Å². The van der Waals surface area contributed by atoms with Gasteiger partial charge in [-0.1, -0.05) is 37.6 Å². The van der Waals surface area contributed by atoms with Gasteiger partial charge in [-0.3, -0.25) is 9.59 Å². The second kappa shape index (κ2) is 16.3. The number of aldehydes is 1. The van der Waals surface area contributed by atoms with Crippen molar-refractivity contribution in [3.05, 3.63) is 23.8 Å². The van der Waals surface area contributed by atoms with E-state index in [2.05, 4.69) is 19.9 Å². The van der Waals surface area contributed by atoms with Gasteiger partial charge in [0.15, 0.2) is 23.6 Å². The Bertz CT molecular complexity index is 1800. The molecule has 9 rings (SSSR count). The summed E-state index contributed by atoms with van der Waals surface area (Å²) >= 11 is 0. The first-order valence-electron chi connectivity index (χ1n) is 23.3. The fourth-order valence-corrected chi connectivity index (χ4v) is 12.4. The van der Waals surface area contributed by atoms with Crippen molar-refractivity contribution in [2.75, 3.05) is 6.61 Å². The number of aliphatic hydroxyl groups is 3. The Morgan fingerprint density at radius 3 is 2.39 bits per heavy atom. The Kier molecular flexibility index (Phi) is 11.9. The molecular formula is C47H68O15. The molecule has 2 spiro atoms. The van der Waals surface area contributed by atoms with Crippen LogP contribution in [0.25, 0.3) is 0 Å². The van der Waals surface area contributed by atoms with Crippen LogP contribution in [0.15, 0.2) is 23.8 Å². The van der Waals surface area contributed by atoms with Gasteiger partial charge < -0.3 is 62.7 Å². The highest BCUT2D eigenvalue weighted by Gasteiger charge is 2.66. The first-order chi connectivity index (χ1) is 29.3. The van der Waals surface area contributed by atoms with Gasteiger partial charge in [-0.2, -0.15) is 0 Å². The number of esters is 1. The van der Waals surface area contributed by atoms with Gasteiger partial charge in [-0.25, -0.2) is 0 Å². The molecule has 0 aromatic carbocycles. The standard InChI is InChI=1S/C47H68O15/c1-26-9-10-32-34(21-37(55-32)47(53)39(50)28(3)13-19-54-47)56-41(52)29(4)31-8-7-14-45(57-31)16-11-33(58-45)40(51)43(6)23-30(49)38(61-43)35-24-44(25-48)17-18-46(59-35,62-44)36-12-15-42(5,60-36)22-27(2)20-26/h9-10,20,25,27-29,31-40,50-51,53H,7-8,11-19,21-24H2,1-6H3/b10-9+,26-20-/t27-,28+,29+,31-,32+,33-,34+,35+,36+,37-,38-,39+,40-,42+,43+,44-,45+,46-,47+/m1/s1. The normalized spacial score (nSPS) is 54.9. The molecule has 19 atom stereocenters. The monoisotopic (exact) mass is 872 g/mol. The topological polar surface area (TPSA) is 195 Å². The Morgan fingerprint density at radius 2 is 1.60 bits per heavy atom. The number of hydrogen-bond donors (Lipinski definition) is 3. The predicted octanol–water partition coefficient (Wildman–Crippen LogP) is 4.43. The fraction of sp³-hybridized carbons (Fsp3) is 0.851. The molecule has 15 nitrogen and oxygen atoms in total. The van der Waals surface area contributed by atoms with Crippen LogP contribution in [-0.4, -0.2) is 135 Å². The van der Waals surface area contributed by atoms with Crippen molar-refractivity contribution in [1.82, 2.24) is 0 Å². The van der Waals surface area contributed by atoms with Crippen molar-refractivity contribution in [3.63, 3.8) is 0 Å². The molecule has 0 aromatic rings. The van der Waals surface area contributed by atoms with Crippen LogP contribution in [-0.2, 0) is 57.0 Å². The Balaban J connectivity index is 1.01. The van der Waals surface area contributed by atoms with Crippen LogP contribution < -0.4 is 0 Å². The molecule has 9 aliphatic rings. The highest BCUT2D eigenvalue weighted by atomic mass is 16.8. The molecule has 0 saturated carbocycles. The number of hydrogen-bond acceptors (Lipinski definition) is 15. The van der Waals surface area contributed by atoms with E-state index >= 15 is 0 Å². The average molecular weight is 873 g/mol. The molecule has 0 aromatic heterocycles. The van der Waals surface area contributed by atoms with Crippen molar-refractivity contribution in [2.24, 2.45) is 17.8 Å². The summed E-state index contributed by atoms with van der Waals surface area (Å²) in [4.78, 5) is 40.7. The first-order valence-corrected chi connectivity index (χ1v) is 23.3. The number of ketones is 1. The fourth-order valence-electron chi connectivity index (χ4n) is 12.4. The summed E-state index contributed by atoms with van der Waals surface area (Å²) in [7, 11) is 0. The van der Waals surface area contributed by atoms with E-state index < -0.39 is 107 Å². The Labute approximate surface area is 364 Å². The Morgan fingerprint density at radius 1 is 0.806 bits per heavy atom. The van der Waals surface area contributed by atoms with Gasteiger partial charge in [0.2, 0.25) is 5.79 Å². The molecule has 15 heteroatoms. The molecule has 3 N–H and O–H groups in total. The number of Topliss-reactive ketones (excluding diaryl/α,β-unsaturated/α-hetero) is 1. The van der Waals surface area contributed by atoms with Gasteiger partial charge >= 0.3 is 5.97 Å². The number of aliphatic hydroxyl groups excluding tert-OH is 2. The van der Waals surface area contributed by atoms with Crippen molar-refractivity contribution >= 4 is 18.0 Å². The molecule has 346 valence electrons. The lowest BCUT2D eigenvalue weighted by molar-refractivity contribution is -0.354. The summed E-state index contributed by atoms with van der Waals surface area (Å²) < 4.78 is 58.5. The smallest absolute Gasteiger partial charge is 0.311 e. The first kappa shape index (κ1) is 45.0. The lowest BCUT2D eigenvalue weighted by atomic mass is 9.87. The molecule has 10 bridgehead atoms. The molecular weight excluding hydrogens is 805 g/mol. The van der Waals surface area contributed by atoms with Crippen molar-refractivity contribution in [3.8, 4) is 0 Å². The predicted molar refractivity (Wildman–Crippen MR) is 218 cm³/mol. The van der Waals surface area contributed by atoms with E-state index in [0.717, 1.165) is 24.7 Å². The molecule has 62 heavy (non-hydrogen) atoms. The zero-order chi connectivity index (χ0) is 44.0. The van der Waals surface area contributed by atoms with Crippen LogP contribution >= 0.6 is 0 Å². The third-order valence-corrected chi connectivity index (χ3v) is 15.9. The number of carbonyl (C=O) groups is 3. The number of rotatable bonds is 2. The van der Waals surface area contributed by atoms with Crippen LogP contribution in [0.2, 0.25) is 0 Å². The average Bonchev–Trinajstić information content (AvgIpc) is 4.06. The van der Waals surface area contributed by atoms with Crippen LogP contribution in [0.3, 0.4) is 0 Å². The minimum absolute atomic E-state index is 0.0637. The van der Waals surface area contributed by atoms with E-state index in [0.29, 0.717) is 57.8 Å². The molecule has 0 amide bonds. The van der Waals surface area contributed by atoms with Gasteiger partial charge in [0.05, 0.1) is 36.4 Å². The summed E-state index contributed by atoms with van der Waals surface area (Å²) in [5.41, 5.74) is -2.03. The maximum atomic E-state index is 14.1. The van der Waals surface area contributed by atoms with Gasteiger partial charge in [0.25, 0.3) is 0 Å². The number of fused-ring (bicyclic) bond motifs is 10. The van der Waals surface area contributed by atoms with E-state index in [9.17, 15) is 29.7 Å². The zero-order valence-electron chi connectivity index (χ0n) is 37.2. The zero-order valence-corrected chi connectivity index (χ0v) is 37.2. The van der Waals surface area contributed by atoms with Crippen LogP contribution in [0.5, 0.6) is 0 Å².